The number of carbonyl (C=O) groups is 1. The van der Waals surface area contributed by atoms with Gasteiger partial charge in [-0.25, -0.2) is 0 Å². The first-order chi connectivity index (χ1) is 11.1. The Labute approximate surface area is 146 Å². The van der Waals surface area contributed by atoms with E-state index in [1.807, 2.05) is 31.2 Å². The van der Waals surface area contributed by atoms with Crippen LogP contribution in [0.4, 0.5) is 0 Å². The van der Waals surface area contributed by atoms with Gasteiger partial charge in [0.25, 0.3) is 5.91 Å². The van der Waals surface area contributed by atoms with E-state index in [0.717, 1.165) is 11.3 Å². The number of amides is 1. The summed E-state index contributed by atoms with van der Waals surface area (Å²) in [6.45, 7) is 4.25. The number of benzene rings is 2. The third-order valence-corrected chi connectivity index (χ3v) is 4.66. The molecule has 0 saturated carbocycles. The summed E-state index contributed by atoms with van der Waals surface area (Å²) in [5.41, 5.74) is 0.927. The van der Waals surface area contributed by atoms with Crippen molar-refractivity contribution in [3.8, 4) is 5.75 Å². The third kappa shape index (κ3) is 5.81. The van der Waals surface area contributed by atoms with Crippen molar-refractivity contribution >= 4 is 29.3 Å². The molecule has 3 nitrogen and oxygen atoms in total. The molecule has 0 aromatic heterocycles. The van der Waals surface area contributed by atoms with Crippen molar-refractivity contribution in [2.24, 2.45) is 0 Å². The summed E-state index contributed by atoms with van der Waals surface area (Å²) in [4.78, 5) is 13.2. The number of aryl methyl sites for hydroxylation is 1. The summed E-state index contributed by atoms with van der Waals surface area (Å²) < 4.78 is 5.65. The average Bonchev–Trinajstić information content (AvgIpc) is 2.55. The molecule has 0 bridgehead atoms. The van der Waals surface area contributed by atoms with Gasteiger partial charge in [0.15, 0.2) is 6.10 Å². The van der Waals surface area contributed by atoms with Gasteiger partial charge in [-0.05, 0) is 49.7 Å². The van der Waals surface area contributed by atoms with Crippen LogP contribution < -0.4 is 10.1 Å². The monoisotopic (exact) mass is 349 g/mol. The fraction of sp³-hybridized carbons (Fsp3) is 0.278. The van der Waals surface area contributed by atoms with Gasteiger partial charge in [-0.15, -0.1) is 11.8 Å². The lowest BCUT2D eigenvalue weighted by Crippen LogP contribution is -2.37. The lowest BCUT2D eigenvalue weighted by Gasteiger charge is -2.15. The van der Waals surface area contributed by atoms with Crippen LogP contribution in [0.1, 0.15) is 12.5 Å². The van der Waals surface area contributed by atoms with Crippen molar-refractivity contribution in [1.82, 2.24) is 5.32 Å². The second-order valence-corrected chi connectivity index (χ2v) is 6.70. The van der Waals surface area contributed by atoms with E-state index in [9.17, 15) is 4.79 Å². The van der Waals surface area contributed by atoms with E-state index in [0.29, 0.717) is 17.3 Å². The Hall–Kier alpha value is -1.65. The van der Waals surface area contributed by atoms with Gasteiger partial charge < -0.3 is 10.1 Å². The van der Waals surface area contributed by atoms with Crippen LogP contribution in [0, 0.1) is 6.92 Å². The van der Waals surface area contributed by atoms with Crippen LogP contribution in [0.2, 0.25) is 5.02 Å². The summed E-state index contributed by atoms with van der Waals surface area (Å²) in [6, 6.07) is 15.5. The standard InChI is InChI=1S/C18H20ClNO2S/c1-13-12-15(8-9-17(13)19)22-14(2)18(21)20-10-11-23-16-6-4-3-5-7-16/h3-9,12,14H,10-11H2,1-2H3,(H,20,21)/t14-/m1/s1. The number of halogens is 1. The molecule has 0 aliphatic carbocycles. The lowest BCUT2D eigenvalue weighted by molar-refractivity contribution is -0.127. The van der Waals surface area contributed by atoms with E-state index < -0.39 is 6.10 Å². The van der Waals surface area contributed by atoms with Gasteiger partial charge >= 0.3 is 0 Å². The minimum absolute atomic E-state index is 0.119. The largest absolute Gasteiger partial charge is 0.481 e. The number of ether oxygens (including phenoxy) is 1. The van der Waals surface area contributed by atoms with Crippen molar-refractivity contribution in [1.29, 1.82) is 0 Å². The van der Waals surface area contributed by atoms with E-state index >= 15 is 0 Å². The maximum Gasteiger partial charge on any atom is 0.260 e. The highest BCUT2D eigenvalue weighted by Crippen LogP contribution is 2.22. The van der Waals surface area contributed by atoms with Gasteiger partial charge in [0.1, 0.15) is 5.75 Å². The molecular weight excluding hydrogens is 330 g/mol. The van der Waals surface area contributed by atoms with Crippen LogP contribution in [0.5, 0.6) is 5.75 Å². The fourth-order valence-electron chi connectivity index (χ4n) is 1.95. The molecule has 122 valence electrons. The summed E-state index contributed by atoms with van der Waals surface area (Å²) >= 11 is 7.69. The molecule has 0 radical (unpaired) electrons. The molecule has 0 saturated heterocycles. The van der Waals surface area contributed by atoms with Crippen molar-refractivity contribution in [3.63, 3.8) is 0 Å². The second kappa shape index (κ2) is 8.85. The molecule has 0 unspecified atom stereocenters. The van der Waals surface area contributed by atoms with Crippen LogP contribution in [0.15, 0.2) is 53.4 Å². The van der Waals surface area contributed by atoms with Crippen LogP contribution in [-0.4, -0.2) is 24.3 Å². The smallest absolute Gasteiger partial charge is 0.260 e. The highest BCUT2D eigenvalue weighted by molar-refractivity contribution is 7.99. The lowest BCUT2D eigenvalue weighted by atomic mass is 10.2. The minimum Gasteiger partial charge on any atom is -0.481 e. The molecule has 2 rings (SSSR count). The fourth-order valence-corrected chi connectivity index (χ4v) is 2.86. The van der Waals surface area contributed by atoms with Crippen LogP contribution in [0.3, 0.4) is 0 Å². The molecule has 1 amide bonds. The number of thioether (sulfide) groups is 1. The Balaban J connectivity index is 1.73. The summed E-state index contributed by atoms with van der Waals surface area (Å²) in [7, 11) is 0. The van der Waals surface area contributed by atoms with E-state index in [-0.39, 0.29) is 5.91 Å². The molecule has 0 spiro atoms. The molecule has 2 aromatic rings. The zero-order valence-corrected chi connectivity index (χ0v) is 14.8. The first kappa shape index (κ1) is 17.7. The third-order valence-electron chi connectivity index (χ3n) is 3.22. The quantitative estimate of drug-likeness (QED) is 0.597. The Bertz CT molecular complexity index is 649. The van der Waals surface area contributed by atoms with E-state index in [2.05, 4.69) is 17.4 Å². The molecule has 1 N–H and O–H groups in total. The topological polar surface area (TPSA) is 38.3 Å². The Kier molecular flexibility index (Phi) is 6.81. The Morgan fingerprint density at radius 3 is 2.70 bits per heavy atom. The van der Waals surface area contributed by atoms with Crippen molar-refractivity contribution in [3.05, 3.63) is 59.1 Å². The van der Waals surface area contributed by atoms with E-state index in [4.69, 9.17) is 16.3 Å². The maximum atomic E-state index is 12.0. The normalized spacial score (nSPS) is 11.8. The molecule has 0 heterocycles. The van der Waals surface area contributed by atoms with Gasteiger partial charge in [-0.3, -0.25) is 4.79 Å². The molecule has 2 aromatic carbocycles. The van der Waals surface area contributed by atoms with Gasteiger partial charge in [-0.2, -0.15) is 0 Å². The predicted molar refractivity (Wildman–Crippen MR) is 96.5 cm³/mol. The maximum absolute atomic E-state index is 12.0. The first-order valence-electron chi connectivity index (χ1n) is 7.44. The molecule has 1 atom stereocenters. The van der Waals surface area contributed by atoms with Crippen molar-refractivity contribution in [2.45, 2.75) is 24.8 Å². The Morgan fingerprint density at radius 1 is 1.26 bits per heavy atom. The SMILES string of the molecule is Cc1cc(O[C@H](C)C(=O)NCCSc2ccccc2)ccc1Cl. The molecule has 0 aliphatic heterocycles. The van der Waals surface area contributed by atoms with Gasteiger partial charge in [0.05, 0.1) is 0 Å². The highest BCUT2D eigenvalue weighted by atomic mass is 35.5. The van der Waals surface area contributed by atoms with Crippen LogP contribution in [-0.2, 0) is 4.79 Å². The number of rotatable bonds is 7. The highest BCUT2D eigenvalue weighted by Gasteiger charge is 2.14. The summed E-state index contributed by atoms with van der Waals surface area (Å²) in [5.74, 6) is 1.35. The number of carbonyl (C=O) groups excluding carboxylic acids is 1. The Morgan fingerprint density at radius 2 is 2.00 bits per heavy atom. The first-order valence-corrected chi connectivity index (χ1v) is 8.81. The van der Waals surface area contributed by atoms with Gasteiger partial charge in [-0.1, -0.05) is 29.8 Å². The molecule has 0 fully saturated rings. The van der Waals surface area contributed by atoms with E-state index in [1.165, 1.54) is 4.90 Å². The molecule has 5 heteroatoms. The summed E-state index contributed by atoms with van der Waals surface area (Å²) in [6.07, 6.45) is -0.544. The number of hydrogen-bond acceptors (Lipinski definition) is 3. The van der Waals surface area contributed by atoms with E-state index in [1.54, 1.807) is 30.8 Å². The van der Waals surface area contributed by atoms with Crippen molar-refractivity contribution < 1.29 is 9.53 Å². The summed E-state index contributed by atoms with van der Waals surface area (Å²) in [5, 5.41) is 3.58. The number of nitrogens with one attached hydrogen (secondary N) is 1. The average molecular weight is 350 g/mol. The minimum atomic E-state index is -0.544. The number of hydrogen-bond donors (Lipinski definition) is 1. The van der Waals surface area contributed by atoms with Crippen LogP contribution in [0.25, 0.3) is 0 Å². The van der Waals surface area contributed by atoms with Gasteiger partial charge in [0, 0.05) is 22.2 Å². The predicted octanol–water partition coefficient (Wildman–Crippen LogP) is 4.32. The second-order valence-electron chi connectivity index (χ2n) is 5.12. The molecule has 0 aliphatic rings. The zero-order valence-electron chi connectivity index (χ0n) is 13.2. The van der Waals surface area contributed by atoms with Crippen molar-refractivity contribution in [2.75, 3.05) is 12.3 Å². The van der Waals surface area contributed by atoms with Gasteiger partial charge in [0.2, 0.25) is 0 Å². The zero-order chi connectivity index (χ0) is 16.7. The van der Waals surface area contributed by atoms with Crippen LogP contribution >= 0.6 is 23.4 Å². The molecular formula is C18H20ClNO2S. The molecule has 23 heavy (non-hydrogen) atoms.